The van der Waals surface area contributed by atoms with Crippen molar-refractivity contribution < 1.29 is 4.79 Å². The van der Waals surface area contributed by atoms with Crippen LogP contribution in [0.25, 0.3) is 0 Å². The number of nitrogens with zero attached hydrogens (tertiary/aromatic N) is 1. The number of aromatic nitrogens is 1. The first kappa shape index (κ1) is 8.67. The number of carbonyl (C=O) groups excluding carboxylic acids is 1. The zero-order valence-corrected chi connectivity index (χ0v) is 6.60. The number of hydrogen-bond acceptors (Lipinski definition) is 3. The molecule has 0 aliphatic rings. The van der Waals surface area contributed by atoms with Crippen LogP contribution in [0.2, 0.25) is 0 Å². The Morgan fingerprint density at radius 2 is 2.33 bits per heavy atom. The summed E-state index contributed by atoms with van der Waals surface area (Å²) in [4.78, 5) is 14.6. The molecule has 0 unspecified atom stereocenters. The highest BCUT2D eigenvalue weighted by Gasteiger charge is 2.09. The monoisotopic (exact) mass is 165 g/mol. The number of rotatable bonds is 3. The SMILES string of the molecule is NC(=O)[C@H](N)Cc1ccccn1. The van der Waals surface area contributed by atoms with Gasteiger partial charge < -0.3 is 11.5 Å². The highest BCUT2D eigenvalue weighted by atomic mass is 16.1. The van der Waals surface area contributed by atoms with Crippen LogP contribution >= 0.6 is 0 Å². The van der Waals surface area contributed by atoms with Crippen molar-refractivity contribution >= 4 is 5.91 Å². The minimum absolute atomic E-state index is 0.399. The first-order valence-corrected chi connectivity index (χ1v) is 3.65. The second kappa shape index (κ2) is 3.82. The molecule has 4 N–H and O–H groups in total. The number of hydrogen-bond donors (Lipinski definition) is 2. The van der Waals surface area contributed by atoms with Gasteiger partial charge in [0.05, 0.1) is 6.04 Å². The van der Waals surface area contributed by atoms with Crippen LogP contribution in [0.3, 0.4) is 0 Å². The van der Waals surface area contributed by atoms with Gasteiger partial charge in [-0.15, -0.1) is 0 Å². The van der Waals surface area contributed by atoms with E-state index in [2.05, 4.69) is 4.98 Å². The van der Waals surface area contributed by atoms with Gasteiger partial charge in [-0.25, -0.2) is 0 Å². The number of nitrogens with two attached hydrogens (primary N) is 2. The maximum absolute atomic E-state index is 10.6. The van der Waals surface area contributed by atoms with Gasteiger partial charge >= 0.3 is 0 Å². The first-order valence-electron chi connectivity index (χ1n) is 3.65. The number of pyridine rings is 1. The molecule has 12 heavy (non-hydrogen) atoms. The Hall–Kier alpha value is -1.42. The summed E-state index contributed by atoms with van der Waals surface area (Å²) in [6, 6.07) is 4.82. The Morgan fingerprint density at radius 1 is 1.58 bits per heavy atom. The molecule has 0 saturated heterocycles. The van der Waals surface area contributed by atoms with Gasteiger partial charge in [0.15, 0.2) is 0 Å². The zero-order valence-electron chi connectivity index (χ0n) is 6.60. The molecule has 0 aromatic carbocycles. The average molecular weight is 165 g/mol. The van der Waals surface area contributed by atoms with Gasteiger partial charge in [-0.1, -0.05) is 6.07 Å². The fraction of sp³-hybridized carbons (Fsp3) is 0.250. The fourth-order valence-corrected chi connectivity index (χ4v) is 0.845. The molecule has 1 heterocycles. The normalized spacial score (nSPS) is 12.4. The van der Waals surface area contributed by atoms with Crippen molar-refractivity contribution in [2.24, 2.45) is 11.5 Å². The van der Waals surface area contributed by atoms with E-state index in [1.165, 1.54) is 0 Å². The van der Waals surface area contributed by atoms with Crippen molar-refractivity contribution in [1.82, 2.24) is 4.98 Å². The summed E-state index contributed by atoms with van der Waals surface area (Å²) < 4.78 is 0. The molecular formula is C8H11N3O. The topological polar surface area (TPSA) is 82.0 Å². The molecule has 0 aliphatic carbocycles. The van der Waals surface area contributed by atoms with Crippen LogP contribution in [0.4, 0.5) is 0 Å². The van der Waals surface area contributed by atoms with Crippen LogP contribution in [-0.2, 0) is 11.2 Å². The van der Waals surface area contributed by atoms with Crippen LogP contribution in [0, 0.1) is 0 Å². The summed E-state index contributed by atoms with van der Waals surface area (Å²) in [6.07, 6.45) is 2.05. The van der Waals surface area contributed by atoms with E-state index < -0.39 is 11.9 Å². The van der Waals surface area contributed by atoms with Gasteiger partial charge in [0.2, 0.25) is 5.91 Å². The predicted octanol–water partition coefficient (Wildman–Crippen LogP) is -0.563. The highest BCUT2D eigenvalue weighted by Crippen LogP contribution is 1.96. The molecule has 1 atom stereocenters. The van der Waals surface area contributed by atoms with E-state index in [1.54, 1.807) is 12.3 Å². The molecule has 1 aromatic rings. The van der Waals surface area contributed by atoms with E-state index >= 15 is 0 Å². The maximum atomic E-state index is 10.6. The van der Waals surface area contributed by atoms with Crippen molar-refractivity contribution in [2.45, 2.75) is 12.5 Å². The molecule has 1 rings (SSSR count). The minimum Gasteiger partial charge on any atom is -0.368 e. The largest absolute Gasteiger partial charge is 0.368 e. The molecule has 4 heteroatoms. The van der Waals surface area contributed by atoms with Crippen LogP contribution in [-0.4, -0.2) is 16.9 Å². The Balaban J connectivity index is 2.58. The highest BCUT2D eigenvalue weighted by molar-refractivity contribution is 5.79. The summed E-state index contributed by atoms with van der Waals surface area (Å²) in [6.45, 7) is 0. The van der Waals surface area contributed by atoms with Crippen molar-refractivity contribution in [1.29, 1.82) is 0 Å². The van der Waals surface area contributed by atoms with Gasteiger partial charge in [-0.3, -0.25) is 9.78 Å². The van der Waals surface area contributed by atoms with E-state index in [-0.39, 0.29) is 0 Å². The lowest BCUT2D eigenvalue weighted by Gasteiger charge is -2.05. The Labute approximate surface area is 70.6 Å². The van der Waals surface area contributed by atoms with E-state index in [4.69, 9.17) is 11.5 Å². The Morgan fingerprint density at radius 3 is 2.83 bits per heavy atom. The molecule has 1 amide bonds. The van der Waals surface area contributed by atoms with Gasteiger partial charge in [0.1, 0.15) is 0 Å². The van der Waals surface area contributed by atoms with Crippen LogP contribution in [0.15, 0.2) is 24.4 Å². The summed E-state index contributed by atoms with van der Waals surface area (Å²) in [7, 11) is 0. The van der Waals surface area contributed by atoms with E-state index in [1.807, 2.05) is 12.1 Å². The number of carbonyl (C=O) groups is 1. The average Bonchev–Trinajstić information content (AvgIpc) is 2.06. The molecular weight excluding hydrogens is 154 g/mol. The van der Waals surface area contributed by atoms with Crippen LogP contribution in [0.5, 0.6) is 0 Å². The lowest BCUT2D eigenvalue weighted by atomic mass is 10.1. The second-order valence-electron chi connectivity index (χ2n) is 2.53. The molecule has 4 nitrogen and oxygen atoms in total. The van der Waals surface area contributed by atoms with Crippen molar-refractivity contribution in [3.05, 3.63) is 30.1 Å². The summed E-state index contributed by atoms with van der Waals surface area (Å²) >= 11 is 0. The van der Waals surface area contributed by atoms with Crippen molar-refractivity contribution in [2.75, 3.05) is 0 Å². The van der Waals surface area contributed by atoms with Gasteiger partial charge in [-0.05, 0) is 12.1 Å². The molecule has 1 aromatic heterocycles. The van der Waals surface area contributed by atoms with Gasteiger partial charge in [0.25, 0.3) is 0 Å². The molecule has 0 bridgehead atoms. The third kappa shape index (κ3) is 2.32. The maximum Gasteiger partial charge on any atom is 0.234 e. The Kier molecular flexibility index (Phi) is 2.76. The van der Waals surface area contributed by atoms with Gasteiger partial charge in [0, 0.05) is 18.3 Å². The van der Waals surface area contributed by atoms with E-state index in [0.717, 1.165) is 5.69 Å². The quantitative estimate of drug-likeness (QED) is 0.629. The summed E-state index contributed by atoms with van der Waals surface area (Å²) in [5.41, 5.74) is 11.2. The fourth-order valence-electron chi connectivity index (χ4n) is 0.845. The molecule has 0 saturated carbocycles. The van der Waals surface area contributed by atoms with Crippen LogP contribution < -0.4 is 11.5 Å². The van der Waals surface area contributed by atoms with E-state index in [9.17, 15) is 4.79 Å². The smallest absolute Gasteiger partial charge is 0.234 e. The molecule has 0 aliphatic heterocycles. The zero-order chi connectivity index (χ0) is 8.97. The van der Waals surface area contributed by atoms with E-state index in [0.29, 0.717) is 6.42 Å². The first-order chi connectivity index (χ1) is 5.70. The summed E-state index contributed by atoms with van der Waals surface area (Å²) in [5, 5.41) is 0. The Bertz CT molecular complexity index is 260. The molecule has 0 radical (unpaired) electrons. The molecule has 64 valence electrons. The van der Waals surface area contributed by atoms with Crippen molar-refractivity contribution in [3.63, 3.8) is 0 Å². The number of primary amides is 1. The molecule has 0 spiro atoms. The lowest BCUT2D eigenvalue weighted by molar-refractivity contribution is -0.119. The second-order valence-corrected chi connectivity index (χ2v) is 2.53. The predicted molar refractivity (Wildman–Crippen MR) is 45.1 cm³/mol. The third-order valence-corrected chi connectivity index (χ3v) is 1.52. The third-order valence-electron chi connectivity index (χ3n) is 1.52. The number of amides is 1. The van der Waals surface area contributed by atoms with Gasteiger partial charge in [-0.2, -0.15) is 0 Å². The minimum atomic E-state index is -0.639. The summed E-state index contributed by atoms with van der Waals surface area (Å²) in [5.74, 6) is -0.499. The van der Waals surface area contributed by atoms with Crippen molar-refractivity contribution in [3.8, 4) is 0 Å². The standard InChI is InChI=1S/C8H11N3O/c9-7(8(10)12)5-6-3-1-2-4-11-6/h1-4,7H,5,9H2,(H2,10,12)/t7-/m1/s1. The molecule has 0 fully saturated rings. The lowest BCUT2D eigenvalue weighted by Crippen LogP contribution is -2.38. The van der Waals surface area contributed by atoms with Crippen LogP contribution in [0.1, 0.15) is 5.69 Å².